The molecule has 1 aromatic heterocycles. The minimum absolute atomic E-state index is 0.0489. The summed E-state index contributed by atoms with van der Waals surface area (Å²) < 4.78 is 1.59. The van der Waals surface area contributed by atoms with Gasteiger partial charge in [0.1, 0.15) is 0 Å². The SMILES string of the molecule is O=c1ccsn1Cc1ccc(Cl)c(Cl)c1Cl. The molecule has 2 aromatic rings. The lowest BCUT2D eigenvalue weighted by molar-refractivity contribution is 0.850. The van der Waals surface area contributed by atoms with Crippen LogP contribution in [0.5, 0.6) is 0 Å². The van der Waals surface area contributed by atoms with Crippen LogP contribution in [-0.4, -0.2) is 3.96 Å². The molecule has 0 N–H and O–H groups in total. The van der Waals surface area contributed by atoms with Crippen LogP contribution in [0.2, 0.25) is 15.1 Å². The van der Waals surface area contributed by atoms with Crippen molar-refractivity contribution in [1.29, 1.82) is 0 Å². The fourth-order valence-corrected chi connectivity index (χ4v) is 2.57. The fraction of sp³-hybridized carbons (Fsp3) is 0.100. The number of nitrogens with zero attached hydrogens (tertiary/aromatic N) is 1. The summed E-state index contributed by atoms with van der Waals surface area (Å²) in [4.78, 5) is 11.4. The predicted octanol–water partition coefficient (Wildman–Crippen LogP) is 3.92. The lowest BCUT2D eigenvalue weighted by Gasteiger charge is -2.06. The van der Waals surface area contributed by atoms with Crippen molar-refractivity contribution in [1.82, 2.24) is 3.96 Å². The lowest BCUT2D eigenvalue weighted by atomic mass is 10.2. The zero-order valence-corrected chi connectivity index (χ0v) is 11.0. The molecule has 1 heterocycles. The normalized spacial score (nSPS) is 10.7. The van der Waals surface area contributed by atoms with E-state index < -0.39 is 0 Å². The minimum atomic E-state index is -0.0489. The van der Waals surface area contributed by atoms with Crippen molar-refractivity contribution < 1.29 is 0 Å². The Labute approximate surface area is 111 Å². The second-order valence-electron chi connectivity index (χ2n) is 3.12. The van der Waals surface area contributed by atoms with Crippen LogP contribution in [0.1, 0.15) is 5.56 Å². The lowest BCUT2D eigenvalue weighted by Crippen LogP contribution is -2.12. The van der Waals surface area contributed by atoms with E-state index in [4.69, 9.17) is 34.8 Å². The van der Waals surface area contributed by atoms with E-state index in [2.05, 4.69) is 0 Å². The zero-order valence-electron chi connectivity index (χ0n) is 7.91. The van der Waals surface area contributed by atoms with Gasteiger partial charge in [-0.05, 0) is 11.6 Å². The summed E-state index contributed by atoms with van der Waals surface area (Å²) in [6, 6.07) is 4.95. The van der Waals surface area contributed by atoms with Gasteiger partial charge in [-0.25, -0.2) is 0 Å². The summed E-state index contributed by atoms with van der Waals surface area (Å²) in [6.45, 7) is 0.409. The number of halogens is 3. The molecule has 0 aliphatic rings. The van der Waals surface area contributed by atoms with Crippen LogP contribution in [0.25, 0.3) is 0 Å². The largest absolute Gasteiger partial charge is 0.268 e. The number of hydrogen-bond donors (Lipinski definition) is 0. The van der Waals surface area contributed by atoms with E-state index in [1.54, 1.807) is 21.5 Å². The number of hydrogen-bond acceptors (Lipinski definition) is 2. The summed E-state index contributed by atoms with van der Waals surface area (Å²) in [5, 5.41) is 2.86. The average molecular weight is 295 g/mol. The highest BCUT2D eigenvalue weighted by Gasteiger charge is 2.09. The highest BCUT2D eigenvalue weighted by Crippen LogP contribution is 2.32. The molecule has 0 unspecified atom stereocenters. The molecule has 0 amide bonds. The first-order valence-corrected chi connectivity index (χ1v) is 6.34. The molecule has 84 valence electrons. The Bertz CT molecular complexity index is 576. The minimum Gasteiger partial charge on any atom is -0.268 e. The maximum atomic E-state index is 11.4. The molecular weight excluding hydrogens is 289 g/mol. The third-order valence-corrected chi connectivity index (χ3v) is 4.23. The maximum Gasteiger partial charge on any atom is 0.260 e. The molecule has 0 fully saturated rings. The molecule has 0 saturated carbocycles. The molecule has 1 aromatic carbocycles. The van der Waals surface area contributed by atoms with Crippen LogP contribution in [0, 0.1) is 0 Å². The second kappa shape index (κ2) is 4.80. The van der Waals surface area contributed by atoms with Crippen molar-refractivity contribution in [3.8, 4) is 0 Å². The van der Waals surface area contributed by atoms with Crippen LogP contribution in [-0.2, 0) is 6.54 Å². The molecule has 6 heteroatoms. The van der Waals surface area contributed by atoms with Crippen LogP contribution >= 0.6 is 46.3 Å². The van der Waals surface area contributed by atoms with E-state index >= 15 is 0 Å². The molecule has 0 aliphatic carbocycles. The van der Waals surface area contributed by atoms with E-state index in [-0.39, 0.29) is 5.56 Å². The Kier molecular flexibility index (Phi) is 3.60. The first-order chi connectivity index (χ1) is 7.59. The van der Waals surface area contributed by atoms with Crippen molar-refractivity contribution in [2.45, 2.75) is 6.54 Å². The van der Waals surface area contributed by atoms with Gasteiger partial charge in [-0.1, -0.05) is 52.4 Å². The van der Waals surface area contributed by atoms with E-state index in [1.807, 2.05) is 0 Å². The van der Waals surface area contributed by atoms with Crippen molar-refractivity contribution in [2.24, 2.45) is 0 Å². The predicted molar refractivity (Wildman–Crippen MR) is 69.2 cm³/mol. The van der Waals surface area contributed by atoms with Gasteiger partial charge in [0.25, 0.3) is 5.56 Å². The molecule has 0 saturated heterocycles. The average Bonchev–Trinajstić information content (AvgIpc) is 2.65. The topological polar surface area (TPSA) is 22.0 Å². The quantitative estimate of drug-likeness (QED) is 0.770. The highest BCUT2D eigenvalue weighted by atomic mass is 35.5. The molecule has 2 rings (SSSR count). The molecule has 2 nitrogen and oxygen atoms in total. The first kappa shape index (κ1) is 12.0. The number of aromatic nitrogens is 1. The number of benzene rings is 1. The summed E-state index contributed by atoms with van der Waals surface area (Å²) >= 11 is 19.1. The van der Waals surface area contributed by atoms with Crippen molar-refractivity contribution in [2.75, 3.05) is 0 Å². The fourth-order valence-electron chi connectivity index (χ4n) is 1.26. The summed E-state index contributed by atoms with van der Waals surface area (Å²) in [6.07, 6.45) is 0. The van der Waals surface area contributed by atoms with Crippen LogP contribution in [0.4, 0.5) is 0 Å². The van der Waals surface area contributed by atoms with Gasteiger partial charge in [0.15, 0.2) is 0 Å². The van der Waals surface area contributed by atoms with Gasteiger partial charge in [-0.3, -0.25) is 8.75 Å². The summed E-state index contributed by atoms with van der Waals surface area (Å²) in [7, 11) is 0. The van der Waals surface area contributed by atoms with Gasteiger partial charge in [0, 0.05) is 11.4 Å². The van der Waals surface area contributed by atoms with Gasteiger partial charge in [0.05, 0.1) is 21.6 Å². The number of rotatable bonds is 2. The molecule has 16 heavy (non-hydrogen) atoms. The van der Waals surface area contributed by atoms with Crippen LogP contribution < -0.4 is 5.56 Å². The van der Waals surface area contributed by atoms with Crippen LogP contribution in [0.15, 0.2) is 28.4 Å². The Hall–Kier alpha value is -0.480. The first-order valence-electron chi connectivity index (χ1n) is 4.37. The second-order valence-corrected chi connectivity index (χ2v) is 5.20. The van der Waals surface area contributed by atoms with Gasteiger partial charge < -0.3 is 0 Å². The maximum absolute atomic E-state index is 11.4. The van der Waals surface area contributed by atoms with Gasteiger partial charge in [-0.2, -0.15) is 0 Å². The van der Waals surface area contributed by atoms with E-state index in [9.17, 15) is 4.79 Å². The van der Waals surface area contributed by atoms with Crippen molar-refractivity contribution in [3.63, 3.8) is 0 Å². The summed E-state index contributed by atoms with van der Waals surface area (Å²) in [5.41, 5.74) is 0.729. The standard InChI is InChI=1S/C10H6Cl3NOS/c11-7-2-1-6(9(12)10(7)13)5-14-8(15)3-4-16-14/h1-4H,5H2. The van der Waals surface area contributed by atoms with Gasteiger partial charge in [0.2, 0.25) is 0 Å². The Morgan fingerprint density at radius 1 is 1.12 bits per heavy atom. The summed E-state index contributed by atoms with van der Waals surface area (Å²) in [5.74, 6) is 0. The smallest absolute Gasteiger partial charge is 0.260 e. The Morgan fingerprint density at radius 3 is 2.50 bits per heavy atom. The van der Waals surface area contributed by atoms with E-state index in [0.717, 1.165) is 5.56 Å². The third-order valence-electron chi connectivity index (χ3n) is 2.07. The third kappa shape index (κ3) is 2.28. The zero-order chi connectivity index (χ0) is 11.7. The Morgan fingerprint density at radius 2 is 1.88 bits per heavy atom. The molecule has 0 radical (unpaired) electrons. The molecule has 0 bridgehead atoms. The van der Waals surface area contributed by atoms with E-state index in [1.165, 1.54) is 17.6 Å². The molecule has 0 spiro atoms. The van der Waals surface area contributed by atoms with Crippen molar-refractivity contribution >= 4 is 46.3 Å². The van der Waals surface area contributed by atoms with E-state index in [0.29, 0.717) is 21.6 Å². The highest BCUT2D eigenvalue weighted by molar-refractivity contribution is 7.04. The molecular formula is C10H6Cl3NOS. The molecule has 0 aliphatic heterocycles. The van der Waals surface area contributed by atoms with Crippen molar-refractivity contribution in [3.05, 3.63) is 54.6 Å². The van der Waals surface area contributed by atoms with Gasteiger partial charge >= 0.3 is 0 Å². The molecule has 0 atom stereocenters. The van der Waals surface area contributed by atoms with Gasteiger partial charge in [-0.15, -0.1) is 0 Å². The Balaban J connectivity index is 2.40. The van der Waals surface area contributed by atoms with Crippen LogP contribution in [0.3, 0.4) is 0 Å². The monoisotopic (exact) mass is 293 g/mol.